The van der Waals surface area contributed by atoms with Gasteiger partial charge in [0.1, 0.15) is 35.7 Å². The Labute approximate surface area is 502 Å². The summed E-state index contributed by atoms with van der Waals surface area (Å²) < 4.78 is 69.1. The van der Waals surface area contributed by atoms with Gasteiger partial charge in [0, 0.05) is 89.9 Å². The smallest absolute Gasteiger partial charge is 0.143 e. The van der Waals surface area contributed by atoms with E-state index in [0.29, 0.717) is 12.3 Å². The van der Waals surface area contributed by atoms with E-state index in [1.165, 1.54) is 0 Å². The lowest BCUT2D eigenvalue weighted by atomic mass is 10.3. The van der Waals surface area contributed by atoms with Gasteiger partial charge in [-0.25, -0.2) is 0 Å². The van der Waals surface area contributed by atoms with Crippen molar-refractivity contribution in [3.8, 4) is 0 Å². The minimum absolute atomic E-state index is 0. The SMILES string of the molecule is C.C=C1CCC[P@@]1(=O)c1ccccc1.O=P(C[C@@H]1CCC[P@@]1(=O)c1ccccc1)(c1ccccc1)c1ccccc1.O=P(C[C@H]1CCC[P@@]1(=O)c1ccccc1)(c1ccccc1)c1ccccc1.OP(c1ccccc1)c1ccccc1.S. The van der Waals surface area contributed by atoms with Crippen molar-refractivity contribution in [2.24, 2.45) is 0 Å². The number of benzene rings is 9. The largest absolute Gasteiger partial charge is 0.364 e. The molecule has 9 aromatic rings. The molecule has 1 N–H and O–H groups in total. The summed E-state index contributed by atoms with van der Waals surface area (Å²) in [5.74, 6) is 0. The molecule has 0 bridgehead atoms. The maximum atomic E-state index is 14.4. The Morgan fingerprint density at radius 1 is 0.398 bits per heavy atom. The Balaban J connectivity index is 0.000000166. The molecule has 3 heterocycles. The van der Waals surface area contributed by atoms with Gasteiger partial charge in [0.2, 0.25) is 0 Å². The van der Waals surface area contributed by atoms with E-state index in [1.54, 1.807) is 0 Å². The van der Waals surface area contributed by atoms with E-state index in [-0.39, 0.29) is 32.2 Å². The first-order valence-electron chi connectivity index (χ1n) is 28.0. The number of allylic oxidation sites excluding steroid dienone is 1. The van der Waals surface area contributed by atoms with Crippen LogP contribution in [0.25, 0.3) is 0 Å². The van der Waals surface area contributed by atoms with Gasteiger partial charge in [-0.2, -0.15) is 13.5 Å². The molecule has 5 atom stereocenters. The normalized spacial score (nSPS) is 20.8. The van der Waals surface area contributed by atoms with Crippen molar-refractivity contribution in [3.63, 3.8) is 0 Å². The topological polar surface area (TPSA) is 106 Å². The van der Waals surface area contributed by atoms with Crippen LogP contribution in [0.5, 0.6) is 0 Å². The lowest BCUT2D eigenvalue weighted by Gasteiger charge is -2.27. The van der Waals surface area contributed by atoms with E-state index in [9.17, 15) is 27.7 Å². The lowest BCUT2D eigenvalue weighted by Crippen LogP contribution is -2.26. The van der Waals surface area contributed by atoms with Crippen LogP contribution in [0.2, 0.25) is 0 Å². The summed E-state index contributed by atoms with van der Waals surface area (Å²) in [4.78, 5) is 10.1. The van der Waals surface area contributed by atoms with E-state index >= 15 is 0 Å². The maximum Gasteiger partial charge on any atom is 0.143 e. The van der Waals surface area contributed by atoms with Crippen molar-refractivity contribution in [1.29, 1.82) is 0 Å². The monoisotopic (exact) mass is 1230 g/mol. The molecule has 3 aliphatic heterocycles. The highest BCUT2D eigenvalue weighted by molar-refractivity contribution is 7.81. The molecule has 3 saturated heterocycles. The molecule has 430 valence electrons. The van der Waals surface area contributed by atoms with Gasteiger partial charge in [0.05, 0.1) is 8.15 Å². The second-order valence-electron chi connectivity index (χ2n) is 20.9. The highest BCUT2D eigenvalue weighted by atomic mass is 32.1. The van der Waals surface area contributed by atoms with Crippen LogP contribution in [0.3, 0.4) is 0 Å². The fourth-order valence-corrected chi connectivity index (χ4v) is 30.5. The lowest BCUT2D eigenvalue weighted by molar-refractivity contribution is 0.573. The summed E-state index contributed by atoms with van der Waals surface area (Å²) in [6.07, 6.45) is 8.86. The average molecular weight is 1230 g/mol. The number of rotatable bonds is 13. The quantitative estimate of drug-likeness (QED) is 0.115. The molecule has 3 fully saturated rings. The average Bonchev–Trinajstić information content (AvgIpc) is 3.95. The summed E-state index contributed by atoms with van der Waals surface area (Å²) in [6.45, 7) is 3.92. The molecular weight excluding hydrogens is 1150 g/mol. The van der Waals surface area contributed by atoms with E-state index in [1.807, 2.05) is 273 Å². The molecule has 83 heavy (non-hydrogen) atoms. The Kier molecular flexibility index (Phi) is 24.0. The molecule has 0 aliphatic carbocycles. The maximum absolute atomic E-state index is 14.4. The summed E-state index contributed by atoms with van der Waals surface area (Å²) in [6, 6.07) is 87.9. The van der Waals surface area contributed by atoms with Crippen LogP contribution in [-0.2, 0) is 22.8 Å². The van der Waals surface area contributed by atoms with Gasteiger partial charge in [-0.3, -0.25) is 0 Å². The van der Waals surface area contributed by atoms with Crippen LogP contribution in [0.1, 0.15) is 46.0 Å². The van der Waals surface area contributed by atoms with Gasteiger partial charge in [-0.1, -0.05) is 287 Å². The van der Waals surface area contributed by atoms with Crippen LogP contribution in [0, 0.1) is 0 Å². The Hall–Kier alpha value is -5.39. The second kappa shape index (κ2) is 30.6. The summed E-state index contributed by atoms with van der Waals surface area (Å²) >= 11 is 0. The van der Waals surface area contributed by atoms with Crippen molar-refractivity contribution < 1.29 is 27.7 Å². The van der Waals surface area contributed by atoms with Crippen molar-refractivity contribution in [1.82, 2.24) is 0 Å². The van der Waals surface area contributed by atoms with Crippen LogP contribution in [0.15, 0.2) is 285 Å². The van der Waals surface area contributed by atoms with Gasteiger partial charge in [-0.15, -0.1) is 0 Å². The number of hydrogen-bond acceptors (Lipinski definition) is 6. The fourth-order valence-electron chi connectivity index (χ4n) is 11.5. The molecule has 9 aromatic carbocycles. The van der Waals surface area contributed by atoms with Gasteiger partial charge in [0.25, 0.3) is 0 Å². The zero-order valence-corrected chi connectivity index (χ0v) is 52.7. The molecule has 0 aromatic heterocycles. The molecule has 12 rings (SSSR count). The van der Waals surface area contributed by atoms with Crippen LogP contribution >= 0.6 is 57.4 Å². The second-order valence-corrected chi connectivity index (χ2v) is 38.0. The minimum atomic E-state index is -2.85. The van der Waals surface area contributed by atoms with Crippen LogP contribution in [-0.4, -0.2) is 47.0 Å². The zero-order valence-electron chi connectivity index (χ0n) is 46.3. The number of hydrogen-bond donors (Lipinski definition) is 1. The first-order valence-corrected chi connectivity index (χ1v) is 38.9. The fraction of sp³-hybridized carbons (Fsp3) is 0.200. The molecule has 0 unspecified atom stereocenters. The van der Waals surface area contributed by atoms with E-state index in [2.05, 4.69) is 6.58 Å². The first-order chi connectivity index (χ1) is 39.4. The van der Waals surface area contributed by atoms with E-state index in [4.69, 9.17) is 0 Å². The van der Waals surface area contributed by atoms with Gasteiger partial charge >= 0.3 is 0 Å². The molecule has 6 nitrogen and oxygen atoms in total. The molecule has 13 heteroatoms. The van der Waals surface area contributed by atoms with Gasteiger partial charge < -0.3 is 27.7 Å². The predicted molar refractivity (Wildman–Crippen MR) is 368 cm³/mol. The summed E-state index contributed by atoms with van der Waals surface area (Å²) in [5, 5.41) is 9.27. The van der Waals surface area contributed by atoms with Gasteiger partial charge in [-0.05, 0) is 43.8 Å². The minimum Gasteiger partial charge on any atom is -0.364 e. The Bertz CT molecular complexity index is 3370. The molecule has 0 amide bonds. The van der Waals surface area contributed by atoms with Crippen molar-refractivity contribution in [3.05, 3.63) is 285 Å². The van der Waals surface area contributed by atoms with Crippen molar-refractivity contribution >= 4 is 105 Å². The summed E-state index contributed by atoms with van der Waals surface area (Å²) in [5.41, 5.74) is -0.0442. The molecule has 0 radical (unpaired) electrons. The van der Waals surface area contributed by atoms with Crippen molar-refractivity contribution in [2.75, 3.05) is 30.8 Å². The third-order valence-corrected chi connectivity index (χ3v) is 35.3. The molecule has 0 spiro atoms. The highest BCUT2D eigenvalue weighted by Crippen LogP contribution is 2.63. The van der Waals surface area contributed by atoms with E-state index < -0.39 is 43.9 Å². The third kappa shape index (κ3) is 15.5. The molecular formula is C70H78O6P6S. The molecule has 3 aliphatic rings. The van der Waals surface area contributed by atoms with Gasteiger partial charge in [0.15, 0.2) is 0 Å². The first kappa shape index (κ1) is 65.2. The Morgan fingerprint density at radius 3 is 0.940 bits per heavy atom. The molecule has 0 saturated carbocycles. The zero-order chi connectivity index (χ0) is 56.6. The van der Waals surface area contributed by atoms with Crippen LogP contribution in [0.4, 0.5) is 0 Å². The Morgan fingerprint density at radius 2 is 0.663 bits per heavy atom. The summed E-state index contributed by atoms with van der Waals surface area (Å²) in [7, 11) is -14.2. The highest BCUT2D eigenvalue weighted by Gasteiger charge is 2.45. The van der Waals surface area contributed by atoms with Crippen LogP contribution < -0.4 is 47.7 Å². The third-order valence-electron chi connectivity index (χ3n) is 15.9. The standard InChI is InChI=1S/2C23H24O2P2.C12H11OP.C11H13OP.CH4.H2S/c2*24-26(20-11-4-1-5-12-20)18-10-17-23(26)19-27(25,21-13-6-2-7-14-21)22-15-8-3-9-16-22;13-14(11-7-3-1-4-8-11)12-9-5-2-6-10-12;1-10-6-5-9-13(10,12)11-7-3-2-4-8-11;;/h2*1-9,11-16,23H,10,17-19H2;1-10,13H;2-4,7-8H,1,5-6,9H2;1H4;1H2/t23-,26+;23-,26-;;13-;;/m01.0../s1. The van der Waals surface area contributed by atoms with E-state index in [0.717, 1.165) is 110 Å². The van der Waals surface area contributed by atoms with Crippen molar-refractivity contribution in [2.45, 2.75) is 57.3 Å². The predicted octanol–water partition coefficient (Wildman–Crippen LogP) is 15.5.